The SMILES string of the molecule is O=C1CCC(N2C(=O)c3ccc(C4CCN(CC5CNC5)CC4)cc3C2=O)C(=O)N1. The predicted octanol–water partition coefficient (Wildman–Crippen LogP) is 0.487. The average molecular weight is 410 g/mol. The molecule has 8 heteroatoms. The first-order valence-corrected chi connectivity index (χ1v) is 10.8. The van der Waals surface area contributed by atoms with Crippen molar-refractivity contribution in [3.05, 3.63) is 34.9 Å². The first kappa shape index (κ1) is 19.4. The molecule has 1 unspecified atom stereocenters. The van der Waals surface area contributed by atoms with Crippen molar-refractivity contribution in [2.75, 3.05) is 32.7 Å². The average Bonchev–Trinajstić information content (AvgIpc) is 2.96. The summed E-state index contributed by atoms with van der Waals surface area (Å²) in [5.41, 5.74) is 1.82. The predicted molar refractivity (Wildman–Crippen MR) is 108 cm³/mol. The lowest BCUT2D eigenvalue weighted by Crippen LogP contribution is -2.54. The Kier molecular flexibility index (Phi) is 4.91. The van der Waals surface area contributed by atoms with E-state index in [1.54, 1.807) is 6.07 Å². The fraction of sp³-hybridized carbons (Fsp3) is 0.545. The van der Waals surface area contributed by atoms with E-state index in [4.69, 9.17) is 0 Å². The quantitative estimate of drug-likeness (QED) is 0.701. The molecule has 5 rings (SSSR count). The van der Waals surface area contributed by atoms with Gasteiger partial charge in [0.05, 0.1) is 11.1 Å². The summed E-state index contributed by atoms with van der Waals surface area (Å²) in [7, 11) is 0. The maximum absolute atomic E-state index is 13.0. The van der Waals surface area contributed by atoms with Gasteiger partial charge >= 0.3 is 0 Å². The van der Waals surface area contributed by atoms with Crippen molar-refractivity contribution in [1.29, 1.82) is 0 Å². The molecule has 0 bridgehead atoms. The van der Waals surface area contributed by atoms with Crippen LogP contribution in [0.2, 0.25) is 0 Å². The number of piperidine rings is 2. The number of nitrogens with one attached hydrogen (secondary N) is 2. The van der Waals surface area contributed by atoms with Gasteiger partial charge in [0, 0.05) is 26.1 Å². The van der Waals surface area contributed by atoms with Gasteiger partial charge in [0.15, 0.2) is 0 Å². The number of nitrogens with zero attached hydrogens (tertiary/aromatic N) is 2. The summed E-state index contributed by atoms with van der Waals surface area (Å²) in [6, 6.07) is 4.61. The maximum Gasteiger partial charge on any atom is 0.262 e. The van der Waals surface area contributed by atoms with Crippen molar-refractivity contribution in [1.82, 2.24) is 20.4 Å². The summed E-state index contributed by atoms with van der Waals surface area (Å²) in [5.74, 6) is -0.673. The number of hydrogen-bond acceptors (Lipinski definition) is 6. The van der Waals surface area contributed by atoms with Crippen LogP contribution in [-0.4, -0.2) is 72.2 Å². The molecule has 0 saturated carbocycles. The van der Waals surface area contributed by atoms with E-state index in [0.717, 1.165) is 61.9 Å². The minimum Gasteiger partial charge on any atom is -0.316 e. The first-order chi connectivity index (χ1) is 14.5. The second-order valence-corrected chi connectivity index (χ2v) is 8.85. The van der Waals surface area contributed by atoms with Gasteiger partial charge in [-0.25, -0.2) is 0 Å². The Labute approximate surface area is 175 Å². The smallest absolute Gasteiger partial charge is 0.262 e. The second-order valence-electron chi connectivity index (χ2n) is 8.85. The van der Waals surface area contributed by atoms with Crippen molar-refractivity contribution < 1.29 is 19.2 Å². The molecule has 2 N–H and O–H groups in total. The van der Waals surface area contributed by atoms with Crippen molar-refractivity contribution >= 4 is 23.6 Å². The highest BCUT2D eigenvalue weighted by Gasteiger charge is 2.44. The van der Waals surface area contributed by atoms with Crippen LogP contribution in [0.4, 0.5) is 0 Å². The molecule has 8 nitrogen and oxygen atoms in total. The number of fused-ring (bicyclic) bond motifs is 1. The van der Waals surface area contributed by atoms with Crippen molar-refractivity contribution in [2.45, 2.75) is 37.6 Å². The molecular formula is C22H26N4O4. The third-order valence-electron chi connectivity index (χ3n) is 6.91. The van der Waals surface area contributed by atoms with Crippen LogP contribution < -0.4 is 10.6 Å². The normalized spacial score (nSPS) is 26.0. The number of imide groups is 2. The third-order valence-corrected chi connectivity index (χ3v) is 6.91. The van der Waals surface area contributed by atoms with E-state index < -0.39 is 23.8 Å². The summed E-state index contributed by atoms with van der Waals surface area (Å²) in [6.45, 7) is 5.48. The highest BCUT2D eigenvalue weighted by atomic mass is 16.2. The largest absolute Gasteiger partial charge is 0.316 e. The van der Waals surface area contributed by atoms with E-state index in [9.17, 15) is 19.2 Å². The molecule has 0 spiro atoms. The van der Waals surface area contributed by atoms with E-state index in [2.05, 4.69) is 15.5 Å². The molecule has 4 amide bonds. The fourth-order valence-electron chi connectivity index (χ4n) is 5.03. The van der Waals surface area contributed by atoms with Gasteiger partial charge in [0.2, 0.25) is 11.8 Å². The molecule has 0 radical (unpaired) electrons. The summed E-state index contributed by atoms with van der Waals surface area (Å²) in [5, 5.41) is 5.55. The molecule has 3 fully saturated rings. The highest BCUT2D eigenvalue weighted by molar-refractivity contribution is 6.23. The van der Waals surface area contributed by atoms with Crippen molar-refractivity contribution in [2.24, 2.45) is 5.92 Å². The molecule has 30 heavy (non-hydrogen) atoms. The number of benzene rings is 1. The molecule has 4 heterocycles. The third kappa shape index (κ3) is 3.33. The number of rotatable bonds is 4. The first-order valence-electron chi connectivity index (χ1n) is 10.8. The molecule has 158 valence electrons. The molecule has 4 aliphatic heterocycles. The summed E-state index contributed by atoms with van der Waals surface area (Å²) in [4.78, 5) is 53.0. The molecule has 1 aromatic rings. The van der Waals surface area contributed by atoms with E-state index in [0.29, 0.717) is 17.0 Å². The van der Waals surface area contributed by atoms with Gasteiger partial charge < -0.3 is 10.2 Å². The van der Waals surface area contributed by atoms with E-state index in [1.165, 1.54) is 0 Å². The Morgan fingerprint density at radius 3 is 2.33 bits per heavy atom. The lowest BCUT2D eigenvalue weighted by atomic mass is 9.87. The minimum absolute atomic E-state index is 0.130. The van der Waals surface area contributed by atoms with Crippen LogP contribution in [0.5, 0.6) is 0 Å². The number of likely N-dealkylation sites (tertiary alicyclic amines) is 1. The van der Waals surface area contributed by atoms with Crippen LogP contribution in [-0.2, 0) is 9.59 Å². The highest BCUT2D eigenvalue weighted by Crippen LogP contribution is 2.33. The van der Waals surface area contributed by atoms with Crippen LogP contribution in [0.1, 0.15) is 57.9 Å². The molecule has 0 aromatic heterocycles. The Morgan fingerprint density at radius 2 is 1.67 bits per heavy atom. The number of hydrogen-bond donors (Lipinski definition) is 2. The standard InChI is InChI=1S/C22H26N4O4/c27-19-4-3-18(20(28)24-19)26-21(29)16-2-1-15(9-17(16)22(26)30)14-5-7-25(8-6-14)12-13-10-23-11-13/h1-2,9,13-14,18,23H,3-8,10-12H2,(H,24,27,28). The zero-order valence-electron chi connectivity index (χ0n) is 16.9. The van der Waals surface area contributed by atoms with Gasteiger partial charge in [-0.15, -0.1) is 0 Å². The van der Waals surface area contributed by atoms with E-state index >= 15 is 0 Å². The van der Waals surface area contributed by atoms with Crippen LogP contribution in [0, 0.1) is 5.92 Å². The molecule has 0 aliphatic carbocycles. The van der Waals surface area contributed by atoms with Crippen LogP contribution in [0.25, 0.3) is 0 Å². The van der Waals surface area contributed by atoms with Crippen LogP contribution >= 0.6 is 0 Å². The lowest BCUT2D eigenvalue weighted by Gasteiger charge is -2.37. The van der Waals surface area contributed by atoms with Gasteiger partial charge in [0.25, 0.3) is 11.8 Å². The summed E-state index contributed by atoms with van der Waals surface area (Å²) < 4.78 is 0. The molecule has 1 aromatic carbocycles. The minimum atomic E-state index is -0.914. The van der Waals surface area contributed by atoms with Crippen LogP contribution in [0.15, 0.2) is 18.2 Å². The summed E-state index contributed by atoms with van der Waals surface area (Å²) in [6.07, 6.45) is 2.39. The topological polar surface area (TPSA) is 98.8 Å². The van der Waals surface area contributed by atoms with Crippen LogP contribution in [0.3, 0.4) is 0 Å². The Hall–Kier alpha value is -2.58. The molecule has 4 aliphatic rings. The van der Waals surface area contributed by atoms with Gasteiger partial charge in [0.1, 0.15) is 6.04 Å². The van der Waals surface area contributed by atoms with Gasteiger partial charge in [-0.3, -0.25) is 29.4 Å². The Balaban J connectivity index is 1.29. The monoisotopic (exact) mass is 410 g/mol. The van der Waals surface area contributed by atoms with Gasteiger partial charge in [-0.2, -0.15) is 0 Å². The molecular weight excluding hydrogens is 384 g/mol. The lowest BCUT2D eigenvalue weighted by molar-refractivity contribution is -0.136. The van der Waals surface area contributed by atoms with Gasteiger partial charge in [-0.05, 0) is 61.9 Å². The van der Waals surface area contributed by atoms with Crippen molar-refractivity contribution in [3.8, 4) is 0 Å². The Bertz CT molecular complexity index is 918. The van der Waals surface area contributed by atoms with Gasteiger partial charge in [-0.1, -0.05) is 6.07 Å². The van der Waals surface area contributed by atoms with E-state index in [1.807, 2.05) is 12.1 Å². The number of amides is 4. The zero-order chi connectivity index (χ0) is 20.8. The number of carbonyl (C=O) groups excluding carboxylic acids is 4. The Morgan fingerprint density at radius 1 is 0.933 bits per heavy atom. The molecule has 1 atom stereocenters. The maximum atomic E-state index is 13.0. The van der Waals surface area contributed by atoms with Crippen molar-refractivity contribution in [3.63, 3.8) is 0 Å². The summed E-state index contributed by atoms with van der Waals surface area (Å²) >= 11 is 0. The fourth-order valence-corrected chi connectivity index (χ4v) is 5.03. The zero-order valence-corrected chi connectivity index (χ0v) is 16.9. The number of carbonyl (C=O) groups is 4. The second kappa shape index (κ2) is 7.59. The molecule has 3 saturated heterocycles. The van der Waals surface area contributed by atoms with E-state index in [-0.39, 0.29) is 18.7 Å².